The van der Waals surface area contributed by atoms with Crippen LogP contribution in [0.25, 0.3) is 11.4 Å². The van der Waals surface area contributed by atoms with Crippen molar-refractivity contribution in [2.45, 2.75) is 38.9 Å². The lowest BCUT2D eigenvalue weighted by atomic mass is 10.0. The Bertz CT molecular complexity index is 665. The van der Waals surface area contributed by atoms with Gasteiger partial charge in [-0.15, -0.1) is 10.2 Å². The number of aromatic nitrogens is 3. The molecule has 20 heavy (non-hydrogen) atoms. The maximum atomic E-state index is 6.03. The van der Waals surface area contributed by atoms with E-state index >= 15 is 0 Å². The average molecular weight is 290 g/mol. The van der Waals surface area contributed by atoms with E-state index in [9.17, 15) is 0 Å². The van der Waals surface area contributed by atoms with Crippen LogP contribution in [0, 0.1) is 0 Å². The molecule has 1 aromatic heterocycles. The van der Waals surface area contributed by atoms with Gasteiger partial charge in [0.1, 0.15) is 22.6 Å². The van der Waals surface area contributed by atoms with E-state index < -0.39 is 11.2 Å². The normalized spacial score (nSPS) is 18.9. The van der Waals surface area contributed by atoms with Crippen LogP contribution >= 0.6 is 11.6 Å². The number of ether oxygens (including phenoxy) is 1. The van der Waals surface area contributed by atoms with Gasteiger partial charge in [-0.05, 0) is 52.0 Å². The number of hydrogen-bond donors (Lipinski definition) is 0. The lowest BCUT2D eigenvalue weighted by Gasteiger charge is -2.23. The lowest BCUT2D eigenvalue weighted by molar-refractivity contribution is -0.107. The molecule has 0 spiro atoms. The summed E-state index contributed by atoms with van der Waals surface area (Å²) in [5.41, 5.74) is 1.63. The van der Waals surface area contributed by atoms with Crippen molar-refractivity contribution in [3.8, 4) is 11.4 Å². The van der Waals surface area contributed by atoms with Crippen LogP contribution in [0.3, 0.4) is 0 Å². The van der Waals surface area contributed by atoms with Crippen molar-refractivity contribution in [1.82, 2.24) is 15.2 Å². The fraction of sp³-hybridized carbons (Fsp3) is 0.400. The van der Waals surface area contributed by atoms with Gasteiger partial charge in [0.05, 0.1) is 0 Å². The van der Waals surface area contributed by atoms with Crippen molar-refractivity contribution in [3.63, 3.8) is 0 Å². The summed E-state index contributed by atoms with van der Waals surface area (Å²) in [5.74, 6) is 0.592. The van der Waals surface area contributed by atoms with E-state index in [2.05, 4.69) is 15.2 Å². The van der Waals surface area contributed by atoms with Gasteiger partial charge in [0.2, 0.25) is 0 Å². The Morgan fingerprint density at radius 1 is 0.900 bits per heavy atom. The molecule has 0 amide bonds. The van der Waals surface area contributed by atoms with Gasteiger partial charge in [-0.25, -0.2) is 4.98 Å². The van der Waals surface area contributed by atoms with Crippen molar-refractivity contribution in [2.75, 3.05) is 0 Å². The standard InChI is InChI=1S/C15H16ClN3O/c1-14(2)11-12(15(3,4)20-14)18-19-13(17-11)9-5-7-10(16)8-6-9/h5-8H,1-4H3. The summed E-state index contributed by atoms with van der Waals surface area (Å²) in [6, 6.07) is 7.41. The third-order valence-corrected chi connectivity index (χ3v) is 3.69. The van der Waals surface area contributed by atoms with Crippen molar-refractivity contribution < 1.29 is 4.74 Å². The molecule has 0 fully saturated rings. The highest BCUT2D eigenvalue weighted by atomic mass is 35.5. The van der Waals surface area contributed by atoms with Gasteiger partial charge >= 0.3 is 0 Å². The summed E-state index contributed by atoms with van der Waals surface area (Å²) < 4.78 is 6.03. The lowest BCUT2D eigenvalue weighted by Crippen LogP contribution is -2.23. The summed E-state index contributed by atoms with van der Waals surface area (Å²) in [6.45, 7) is 7.97. The second kappa shape index (κ2) is 4.24. The Morgan fingerprint density at radius 2 is 1.50 bits per heavy atom. The molecule has 5 heteroatoms. The quantitative estimate of drug-likeness (QED) is 0.803. The van der Waals surface area contributed by atoms with E-state index in [0.29, 0.717) is 10.8 Å². The number of rotatable bonds is 1. The molecular weight excluding hydrogens is 274 g/mol. The van der Waals surface area contributed by atoms with Crippen LogP contribution in [0.4, 0.5) is 0 Å². The first kappa shape index (κ1) is 13.5. The zero-order valence-corrected chi connectivity index (χ0v) is 12.7. The van der Waals surface area contributed by atoms with Gasteiger partial charge in [-0.1, -0.05) is 11.6 Å². The van der Waals surface area contributed by atoms with Crippen LogP contribution in [0.2, 0.25) is 5.02 Å². The van der Waals surface area contributed by atoms with E-state index in [4.69, 9.17) is 16.3 Å². The predicted molar refractivity (Wildman–Crippen MR) is 77.4 cm³/mol. The molecule has 2 aromatic rings. The number of benzene rings is 1. The van der Waals surface area contributed by atoms with Gasteiger partial charge in [0.15, 0.2) is 5.82 Å². The van der Waals surface area contributed by atoms with Crippen LogP contribution in [0.1, 0.15) is 39.1 Å². The number of halogens is 1. The molecule has 2 heterocycles. The molecule has 0 atom stereocenters. The highest BCUT2D eigenvalue weighted by molar-refractivity contribution is 6.30. The molecule has 0 unspecified atom stereocenters. The molecule has 0 saturated heterocycles. The monoisotopic (exact) mass is 289 g/mol. The SMILES string of the molecule is CC1(C)OC(C)(C)c2nc(-c3ccc(Cl)cc3)nnc21. The van der Waals surface area contributed by atoms with Crippen LogP contribution in [-0.2, 0) is 15.9 Å². The number of hydrogen-bond acceptors (Lipinski definition) is 4. The number of nitrogens with zero attached hydrogens (tertiary/aromatic N) is 3. The van der Waals surface area contributed by atoms with E-state index in [-0.39, 0.29) is 0 Å². The molecule has 0 bridgehead atoms. The minimum absolute atomic E-state index is 0.461. The molecule has 1 aromatic carbocycles. The maximum Gasteiger partial charge on any atom is 0.182 e. The fourth-order valence-electron chi connectivity index (χ4n) is 2.61. The van der Waals surface area contributed by atoms with Crippen molar-refractivity contribution in [2.24, 2.45) is 0 Å². The van der Waals surface area contributed by atoms with E-state index in [0.717, 1.165) is 17.0 Å². The van der Waals surface area contributed by atoms with Crippen molar-refractivity contribution in [3.05, 3.63) is 40.7 Å². The largest absolute Gasteiger partial charge is 0.357 e. The average Bonchev–Trinajstić information content (AvgIpc) is 2.56. The number of fused-ring (bicyclic) bond motifs is 1. The Labute approximate surface area is 123 Å². The topological polar surface area (TPSA) is 47.9 Å². The smallest absolute Gasteiger partial charge is 0.182 e. The van der Waals surface area contributed by atoms with Gasteiger partial charge in [0, 0.05) is 10.6 Å². The van der Waals surface area contributed by atoms with Gasteiger partial charge in [0.25, 0.3) is 0 Å². The van der Waals surface area contributed by atoms with E-state index in [1.54, 1.807) is 0 Å². The fourth-order valence-corrected chi connectivity index (χ4v) is 2.73. The van der Waals surface area contributed by atoms with Crippen LogP contribution < -0.4 is 0 Å². The van der Waals surface area contributed by atoms with E-state index in [1.165, 1.54) is 0 Å². The molecule has 3 rings (SSSR count). The molecular formula is C15H16ClN3O. The first-order chi connectivity index (χ1) is 9.29. The molecule has 1 aliphatic heterocycles. The second-order valence-electron chi connectivity index (χ2n) is 5.96. The summed E-state index contributed by atoms with van der Waals surface area (Å²) in [4.78, 5) is 4.66. The Hall–Kier alpha value is -1.52. The van der Waals surface area contributed by atoms with Crippen molar-refractivity contribution >= 4 is 11.6 Å². The highest BCUT2D eigenvalue weighted by Crippen LogP contribution is 2.44. The van der Waals surface area contributed by atoms with Crippen molar-refractivity contribution in [1.29, 1.82) is 0 Å². The van der Waals surface area contributed by atoms with Crippen LogP contribution in [0.15, 0.2) is 24.3 Å². The van der Waals surface area contributed by atoms with Gasteiger partial charge in [-0.2, -0.15) is 0 Å². The van der Waals surface area contributed by atoms with Crippen LogP contribution in [-0.4, -0.2) is 15.2 Å². The predicted octanol–water partition coefficient (Wildman–Crippen LogP) is 3.69. The Balaban J connectivity index is 2.12. The summed E-state index contributed by atoms with van der Waals surface area (Å²) in [5, 5.41) is 9.25. The summed E-state index contributed by atoms with van der Waals surface area (Å²) in [7, 11) is 0. The minimum atomic E-state index is -0.462. The van der Waals surface area contributed by atoms with Crippen LogP contribution in [0.5, 0.6) is 0 Å². The molecule has 4 nitrogen and oxygen atoms in total. The minimum Gasteiger partial charge on any atom is -0.357 e. The molecule has 104 valence electrons. The first-order valence-corrected chi connectivity index (χ1v) is 6.89. The molecule has 0 aliphatic carbocycles. The zero-order chi connectivity index (χ0) is 14.5. The third-order valence-electron chi connectivity index (χ3n) is 3.44. The first-order valence-electron chi connectivity index (χ1n) is 6.51. The summed E-state index contributed by atoms with van der Waals surface area (Å²) >= 11 is 5.90. The molecule has 1 aliphatic rings. The van der Waals surface area contributed by atoms with E-state index in [1.807, 2.05) is 52.0 Å². The summed E-state index contributed by atoms with van der Waals surface area (Å²) in [6.07, 6.45) is 0. The van der Waals surface area contributed by atoms with Gasteiger partial charge in [-0.3, -0.25) is 0 Å². The van der Waals surface area contributed by atoms with Gasteiger partial charge < -0.3 is 4.74 Å². The Morgan fingerprint density at radius 3 is 2.15 bits per heavy atom. The highest BCUT2D eigenvalue weighted by Gasteiger charge is 2.46. The maximum absolute atomic E-state index is 6.03. The Kier molecular flexibility index (Phi) is 2.85. The third kappa shape index (κ3) is 2.09. The second-order valence-corrected chi connectivity index (χ2v) is 6.40. The molecule has 0 radical (unpaired) electrons. The molecule has 0 N–H and O–H groups in total. The molecule has 0 saturated carbocycles. The zero-order valence-electron chi connectivity index (χ0n) is 11.9.